The van der Waals surface area contributed by atoms with E-state index in [1.54, 1.807) is 18.2 Å². The molecule has 0 heterocycles. The van der Waals surface area contributed by atoms with Crippen LogP contribution in [0.4, 0.5) is 11.4 Å². The van der Waals surface area contributed by atoms with Gasteiger partial charge < -0.3 is 16.2 Å². The average molecular weight is 217 g/mol. The molecule has 84 valence electrons. The molecule has 1 aromatic rings. The molecule has 16 heavy (non-hydrogen) atoms. The Morgan fingerprint density at radius 2 is 2.25 bits per heavy atom. The van der Waals surface area contributed by atoms with E-state index in [1.807, 2.05) is 6.07 Å². The molecule has 0 unspecified atom stereocenters. The highest BCUT2D eigenvalue weighted by Gasteiger charge is 2.33. The van der Waals surface area contributed by atoms with Crippen LogP contribution in [0, 0.1) is 11.3 Å². The Labute approximate surface area is 94.7 Å². The molecule has 1 saturated carbocycles. The summed E-state index contributed by atoms with van der Waals surface area (Å²) in [7, 11) is 0. The topological polar surface area (TPSA) is 82.1 Å². The molecular weight excluding hydrogens is 202 g/mol. The van der Waals surface area contributed by atoms with Gasteiger partial charge in [-0.1, -0.05) is 0 Å². The molecule has 0 atom stereocenters. The predicted molar refractivity (Wildman–Crippen MR) is 62.9 cm³/mol. The number of benzene rings is 1. The highest BCUT2D eigenvalue weighted by Crippen LogP contribution is 2.31. The summed E-state index contributed by atoms with van der Waals surface area (Å²) in [5.41, 5.74) is 6.93. The second-order valence-corrected chi connectivity index (χ2v) is 4.35. The second-order valence-electron chi connectivity index (χ2n) is 4.35. The van der Waals surface area contributed by atoms with E-state index in [-0.39, 0.29) is 0 Å². The zero-order chi connectivity index (χ0) is 11.6. The van der Waals surface area contributed by atoms with E-state index in [1.165, 1.54) is 0 Å². The minimum Gasteiger partial charge on any atom is -0.398 e. The quantitative estimate of drug-likeness (QED) is 0.669. The van der Waals surface area contributed by atoms with E-state index in [4.69, 9.17) is 11.0 Å². The Kier molecular flexibility index (Phi) is 2.71. The van der Waals surface area contributed by atoms with Crippen molar-refractivity contribution in [3.63, 3.8) is 0 Å². The predicted octanol–water partition coefficient (Wildman–Crippen LogP) is 1.47. The fourth-order valence-corrected chi connectivity index (χ4v) is 1.80. The van der Waals surface area contributed by atoms with Gasteiger partial charge in [-0.3, -0.25) is 0 Å². The van der Waals surface area contributed by atoms with Crippen molar-refractivity contribution in [3.05, 3.63) is 23.8 Å². The molecule has 0 radical (unpaired) electrons. The zero-order valence-corrected chi connectivity index (χ0v) is 9.03. The molecule has 0 aromatic heterocycles. The second kappa shape index (κ2) is 4.03. The Balaban J connectivity index is 2.00. The molecule has 1 fully saturated rings. The van der Waals surface area contributed by atoms with E-state index >= 15 is 0 Å². The lowest BCUT2D eigenvalue weighted by Gasteiger charge is -2.36. The van der Waals surface area contributed by atoms with Crippen LogP contribution < -0.4 is 11.1 Å². The van der Waals surface area contributed by atoms with Crippen molar-refractivity contribution in [2.24, 2.45) is 0 Å². The molecule has 4 N–H and O–H groups in total. The number of nitrogen functional groups attached to an aromatic ring is 1. The van der Waals surface area contributed by atoms with Gasteiger partial charge in [0.2, 0.25) is 0 Å². The van der Waals surface area contributed by atoms with Gasteiger partial charge in [0.1, 0.15) is 6.07 Å². The Morgan fingerprint density at radius 3 is 2.75 bits per heavy atom. The largest absolute Gasteiger partial charge is 0.398 e. The van der Waals surface area contributed by atoms with Crippen LogP contribution in [-0.2, 0) is 0 Å². The summed E-state index contributed by atoms with van der Waals surface area (Å²) in [6.07, 6.45) is 2.80. The third kappa shape index (κ3) is 2.10. The minimum atomic E-state index is -0.553. The molecule has 0 aliphatic heterocycles. The molecule has 1 aromatic carbocycles. The summed E-state index contributed by atoms with van der Waals surface area (Å²) >= 11 is 0. The number of nitriles is 1. The third-order valence-corrected chi connectivity index (χ3v) is 3.08. The highest BCUT2D eigenvalue weighted by atomic mass is 16.3. The monoisotopic (exact) mass is 217 g/mol. The third-order valence-electron chi connectivity index (χ3n) is 3.08. The van der Waals surface area contributed by atoms with Gasteiger partial charge in [-0.25, -0.2) is 0 Å². The number of nitrogens with one attached hydrogen (secondary N) is 1. The zero-order valence-electron chi connectivity index (χ0n) is 9.03. The van der Waals surface area contributed by atoms with Crippen LogP contribution in [0.1, 0.15) is 24.8 Å². The maximum Gasteiger partial charge on any atom is 0.101 e. The van der Waals surface area contributed by atoms with Gasteiger partial charge in [0.15, 0.2) is 0 Å². The molecule has 1 aliphatic rings. The first-order chi connectivity index (χ1) is 7.63. The maximum absolute atomic E-state index is 9.90. The number of hydrogen-bond acceptors (Lipinski definition) is 4. The van der Waals surface area contributed by atoms with Crippen molar-refractivity contribution in [2.75, 3.05) is 17.6 Å². The number of hydrogen-bond donors (Lipinski definition) is 3. The fraction of sp³-hybridized carbons (Fsp3) is 0.417. The Morgan fingerprint density at radius 1 is 1.50 bits per heavy atom. The molecule has 2 rings (SSSR count). The lowest BCUT2D eigenvalue weighted by Crippen LogP contribution is -2.43. The van der Waals surface area contributed by atoms with E-state index in [9.17, 15) is 5.11 Å². The standard InChI is InChI=1S/C12H15N3O/c13-7-9-2-3-10(6-11(9)14)15-8-12(16)4-1-5-12/h2-3,6,15-16H,1,4-5,8,14H2. The molecule has 0 saturated heterocycles. The molecule has 4 heteroatoms. The first-order valence-corrected chi connectivity index (χ1v) is 5.39. The minimum absolute atomic E-state index is 0.466. The normalized spacial score (nSPS) is 17.2. The van der Waals surface area contributed by atoms with Gasteiger partial charge in [0, 0.05) is 12.2 Å². The molecular formula is C12H15N3O. The summed E-state index contributed by atoms with van der Waals surface area (Å²) in [5.74, 6) is 0. The van der Waals surface area contributed by atoms with Crippen LogP contribution in [0.5, 0.6) is 0 Å². The number of aliphatic hydroxyl groups is 1. The SMILES string of the molecule is N#Cc1ccc(NCC2(O)CCC2)cc1N. The first kappa shape index (κ1) is 10.8. The van der Waals surface area contributed by atoms with Gasteiger partial charge in [0.05, 0.1) is 16.9 Å². The molecule has 0 spiro atoms. The summed E-state index contributed by atoms with van der Waals surface area (Å²) in [6.45, 7) is 0.540. The van der Waals surface area contributed by atoms with Crippen LogP contribution in [0.3, 0.4) is 0 Å². The van der Waals surface area contributed by atoms with E-state index in [2.05, 4.69) is 5.32 Å². The van der Waals surface area contributed by atoms with Gasteiger partial charge in [-0.05, 0) is 37.5 Å². The van der Waals surface area contributed by atoms with Crippen LogP contribution in [-0.4, -0.2) is 17.3 Å². The Hall–Kier alpha value is -1.73. The molecule has 0 amide bonds. The van der Waals surface area contributed by atoms with Crippen molar-refractivity contribution < 1.29 is 5.11 Å². The van der Waals surface area contributed by atoms with Crippen molar-refractivity contribution in [3.8, 4) is 6.07 Å². The number of nitrogens with two attached hydrogens (primary N) is 1. The lowest BCUT2D eigenvalue weighted by molar-refractivity contribution is -0.0201. The summed E-state index contributed by atoms with van der Waals surface area (Å²) in [5, 5.41) is 21.8. The summed E-state index contributed by atoms with van der Waals surface area (Å²) in [6, 6.07) is 7.22. The highest BCUT2D eigenvalue weighted by molar-refractivity contribution is 5.62. The average Bonchev–Trinajstić information content (AvgIpc) is 2.24. The summed E-state index contributed by atoms with van der Waals surface area (Å²) in [4.78, 5) is 0. The smallest absolute Gasteiger partial charge is 0.101 e. The molecule has 4 nitrogen and oxygen atoms in total. The van der Waals surface area contributed by atoms with E-state index in [0.717, 1.165) is 24.9 Å². The Bertz CT molecular complexity index is 432. The van der Waals surface area contributed by atoms with Crippen LogP contribution >= 0.6 is 0 Å². The van der Waals surface area contributed by atoms with Crippen LogP contribution in [0.2, 0.25) is 0 Å². The molecule has 0 bridgehead atoms. The summed E-state index contributed by atoms with van der Waals surface area (Å²) < 4.78 is 0. The first-order valence-electron chi connectivity index (χ1n) is 5.39. The van der Waals surface area contributed by atoms with Crippen molar-refractivity contribution >= 4 is 11.4 Å². The van der Waals surface area contributed by atoms with E-state index in [0.29, 0.717) is 17.8 Å². The number of anilines is 2. The van der Waals surface area contributed by atoms with Gasteiger partial charge >= 0.3 is 0 Å². The van der Waals surface area contributed by atoms with Crippen molar-refractivity contribution in [2.45, 2.75) is 24.9 Å². The lowest BCUT2D eigenvalue weighted by atomic mass is 9.80. The number of rotatable bonds is 3. The van der Waals surface area contributed by atoms with E-state index < -0.39 is 5.60 Å². The van der Waals surface area contributed by atoms with Crippen molar-refractivity contribution in [1.82, 2.24) is 0 Å². The van der Waals surface area contributed by atoms with Crippen molar-refractivity contribution in [1.29, 1.82) is 5.26 Å². The number of nitrogens with zero attached hydrogens (tertiary/aromatic N) is 1. The maximum atomic E-state index is 9.90. The van der Waals surface area contributed by atoms with Gasteiger partial charge in [-0.2, -0.15) is 5.26 Å². The van der Waals surface area contributed by atoms with Crippen LogP contribution in [0.25, 0.3) is 0 Å². The van der Waals surface area contributed by atoms with Gasteiger partial charge in [0.25, 0.3) is 0 Å². The fourth-order valence-electron chi connectivity index (χ4n) is 1.80. The van der Waals surface area contributed by atoms with Gasteiger partial charge in [-0.15, -0.1) is 0 Å². The molecule has 1 aliphatic carbocycles. The van der Waals surface area contributed by atoms with Crippen LogP contribution in [0.15, 0.2) is 18.2 Å².